The van der Waals surface area contributed by atoms with Gasteiger partial charge in [0.15, 0.2) is 0 Å². The lowest BCUT2D eigenvalue weighted by Crippen LogP contribution is -2.16. The second kappa shape index (κ2) is 9.46. The third-order valence-electron chi connectivity index (χ3n) is 5.60. The van der Waals surface area contributed by atoms with E-state index >= 15 is 0 Å². The Morgan fingerprint density at radius 1 is 0.774 bits per heavy atom. The average molecular weight is 426 g/mol. The molecule has 4 rings (SSSR count). The van der Waals surface area contributed by atoms with Gasteiger partial charge in [-0.15, -0.1) is 13.2 Å². The van der Waals surface area contributed by atoms with E-state index in [0.29, 0.717) is 0 Å². The van der Waals surface area contributed by atoms with E-state index in [1.807, 2.05) is 30.3 Å². The van der Waals surface area contributed by atoms with Gasteiger partial charge in [0.25, 0.3) is 0 Å². The van der Waals surface area contributed by atoms with Crippen LogP contribution in [-0.4, -0.2) is 12.5 Å². The Morgan fingerprint density at radius 3 is 2.13 bits per heavy atom. The van der Waals surface area contributed by atoms with Crippen molar-refractivity contribution in [3.05, 3.63) is 83.9 Å². The van der Waals surface area contributed by atoms with Crippen molar-refractivity contribution in [2.24, 2.45) is 0 Å². The monoisotopic (exact) mass is 426 g/mol. The zero-order chi connectivity index (χ0) is 21.7. The second-order valence-electron chi connectivity index (χ2n) is 7.90. The summed E-state index contributed by atoms with van der Waals surface area (Å²) in [6.45, 7) is 0. The van der Waals surface area contributed by atoms with Gasteiger partial charge in [0, 0.05) is 0 Å². The van der Waals surface area contributed by atoms with E-state index in [4.69, 9.17) is 4.74 Å². The molecule has 0 N–H and O–H groups in total. The highest BCUT2D eigenvalue weighted by Crippen LogP contribution is 2.32. The lowest BCUT2D eigenvalue weighted by Gasteiger charge is -2.18. The predicted octanol–water partition coefficient (Wildman–Crippen LogP) is 7.36. The molecule has 0 unspecified atom stereocenters. The smallest absolute Gasteiger partial charge is 0.490 e. The molecule has 1 fully saturated rings. The van der Waals surface area contributed by atoms with Crippen molar-refractivity contribution in [2.75, 3.05) is 0 Å². The Kier molecular flexibility index (Phi) is 6.50. The van der Waals surface area contributed by atoms with Gasteiger partial charge in [0.2, 0.25) is 0 Å². The summed E-state index contributed by atoms with van der Waals surface area (Å²) in [5, 5.41) is 0. The molecule has 0 amide bonds. The fourth-order valence-electron chi connectivity index (χ4n) is 4.03. The molecule has 31 heavy (non-hydrogen) atoms. The maximum atomic E-state index is 12.4. The maximum Gasteiger partial charge on any atom is 0.573 e. The Labute approximate surface area is 180 Å². The zero-order valence-electron chi connectivity index (χ0n) is 17.2. The van der Waals surface area contributed by atoms with E-state index in [-0.39, 0.29) is 11.9 Å². The number of hydrogen-bond donors (Lipinski definition) is 0. The first-order chi connectivity index (χ1) is 15.0. The summed E-state index contributed by atoms with van der Waals surface area (Å²) < 4.78 is 47.5. The van der Waals surface area contributed by atoms with Crippen LogP contribution in [0.25, 0.3) is 11.1 Å². The van der Waals surface area contributed by atoms with E-state index < -0.39 is 6.36 Å². The van der Waals surface area contributed by atoms with Crippen LogP contribution in [0.2, 0.25) is 0 Å². The molecular weight excluding hydrogens is 401 g/mol. The first kappa shape index (κ1) is 21.3. The van der Waals surface area contributed by atoms with Crippen LogP contribution in [0.5, 0.6) is 11.5 Å². The lowest BCUT2D eigenvalue weighted by molar-refractivity contribution is -0.274. The van der Waals surface area contributed by atoms with E-state index in [1.54, 1.807) is 12.1 Å². The van der Waals surface area contributed by atoms with Crippen LogP contribution < -0.4 is 9.47 Å². The Bertz CT molecular complexity index is 976. The Hall–Kier alpha value is -2.95. The van der Waals surface area contributed by atoms with Crippen molar-refractivity contribution in [3.8, 4) is 22.6 Å². The van der Waals surface area contributed by atoms with Crippen LogP contribution in [0.15, 0.2) is 72.8 Å². The van der Waals surface area contributed by atoms with Gasteiger partial charge < -0.3 is 9.47 Å². The van der Waals surface area contributed by atoms with Crippen molar-refractivity contribution in [1.29, 1.82) is 0 Å². The Morgan fingerprint density at radius 2 is 1.45 bits per heavy atom. The maximum absolute atomic E-state index is 12.4. The fourth-order valence-corrected chi connectivity index (χ4v) is 4.03. The largest absolute Gasteiger partial charge is 0.573 e. The SMILES string of the molecule is FC(F)(F)Oc1ccc(-c2ccc(OC3CCCC3)c(CCc3ccccc3)c2)cc1. The zero-order valence-corrected chi connectivity index (χ0v) is 17.2. The first-order valence-electron chi connectivity index (χ1n) is 10.7. The van der Waals surface area contributed by atoms with Crippen LogP contribution in [-0.2, 0) is 12.8 Å². The number of ether oxygens (including phenoxy) is 2. The first-order valence-corrected chi connectivity index (χ1v) is 10.7. The van der Waals surface area contributed by atoms with E-state index in [0.717, 1.165) is 48.1 Å². The van der Waals surface area contributed by atoms with Crippen molar-refractivity contribution in [2.45, 2.75) is 51.0 Å². The summed E-state index contributed by atoms with van der Waals surface area (Å²) >= 11 is 0. The molecule has 0 atom stereocenters. The van der Waals surface area contributed by atoms with E-state index in [9.17, 15) is 13.2 Å². The van der Waals surface area contributed by atoms with Crippen molar-refractivity contribution >= 4 is 0 Å². The number of rotatable bonds is 7. The van der Waals surface area contributed by atoms with Gasteiger partial charge in [0.1, 0.15) is 11.5 Å². The van der Waals surface area contributed by atoms with Crippen LogP contribution in [0.4, 0.5) is 13.2 Å². The van der Waals surface area contributed by atoms with Crippen molar-refractivity contribution in [3.63, 3.8) is 0 Å². The average Bonchev–Trinajstić information content (AvgIpc) is 3.26. The molecule has 5 heteroatoms. The second-order valence-corrected chi connectivity index (χ2v) is 7.90. The highest BCUT2D eigenvalue weighted by Gasteiger charge is 2.31. The standard InChI is InChI=1S/C26H25F3O2/c27-26(28,29)31-24-15-12-20(13-16-24)21-14-17-25(30-23-8-4-5-9-23)22(18-21)11-10-19-6-2-1-3-7-19/h1-3,6-7,12-18,23H,4-5,8-11H2. The predicted molar refractivity (Wildman–Crippen MR) is 115 cm³/mol. The highest BCUT2D eigenvalue weighted by molar-refractivity contribution is 5.66. The highest BCUT2D eigenvalue weighted by atomic mass is 19.4. The summed E-state index contributed by atoms with van der Waals surface area (Å²) in [7, 11) is 0. The van der Waals surface area contributed by atoms with E-state index in [1.165, 1.54) is 30.5 Å². The minimum absolute atomic E-state index is 0.221. The topological polar surface area (TPSA) is 18.5 Å². The molecule has 3 aromatic rings. The van der Waals surface area contributed by atoms with Gasteiger partial charge in [-0.3, -0.25) is 0 Å². The van der Waals surface area contributed by atoms with E-state index in [2.05, 4.69) is 22.9 Å². The molecule has 0 radical (unpaired) electrons. The third-order valence-corrected chi connectivity index (χ3v) is 5.60. The number of aryl methyl sites for hydroxylation is 2. The minimum atomic E-state index is -4.69. The fraction of sp³-hybridized carbons (Fsp3) is 0.308. The molecule has 0 bridgehead atoms. The molecule has 0 aromatic heterocycles. The minimum Gasteiger partial charge on any atom is -0.490 e. The quantitative estimate of drug-likeness (QED) is 0.393. The number of hydrogen-bond acceptors (Lipinski definition) is 2. The molecule has 0 saturated heterocycles. The molecule has 2 nitrogen and oxygen atoms in total. The van der Waals surface area contributed by atoms with Crippen LogP contribution >= 0.6 is 0 Å². The molecule has 1 aliphatic carbocycles. The number of halogens is 3. The van der Waals surface area contributed by atoms with Gasteiger partial charge >= 0.3 is 6.36 Å². The van der Waals surface area contributed by atoms with Crippen molar-refractivity contribution in [1.82, 2.24) is 0 Å². The van der Waals surface area contributed by atoms with Crippen LogP contribution in [0.3, 0.4) is 0 Å². The molecule has 0 aliphatic heterocycles. The molecule has 0 heterocycles. The van der Waals surface area contributed by atoms with Gasteiger partial charge in [-0.05, 0) is 85.0 Å². The van der Waals surface area contributed by atoms with Gasteiger partial charge in [0.05, 0.1) is 6.10 Å². The van der Waals surface area contributed by atoms with Crippen LogP contribution in [0, 0.1) is 0 Å². The lowest BCUT2D eigenvalue weighted by atomic mass is 9.98. The summed E-state index contributed by atoms with van der Waals surface area (Å²) in [6.07, 6.45) is 1.87. The summed E-state index contributed by atoms with van der Waals surface area (Å²) in [5.41, 5.74) is 4.15. The molecule has 1 aliphatic rings. The summed E-state index contributed by atoms with van der Waals surface area (Å²) in [6, 6.07) is 22.3. The third kappa shape index (κ3) is 6.03. The number of alkyl halides is 3. The Balaban J connectivity index is 1.56. The summed E-state index contributed by atoms with van der Waals surface area (Å²) in [5.74, 6) is 0.686. The molecule has 162 valence electrons. The summed E-state index contributed by atoms with van der Waals surface area (Å²) in [4.78, 5) is 0. The van der Waals surface area contributed by atoms with Crippen molar-refractivity contribution < 1.29 is 22.6 Å². The molecule has 0 spiro atoms. The van der Waals surface area contributed by atoms with Gasteiger partial charge in [-0.2, -0.15) is 0 Å². The molecule has 3 aromatic carbocycles. The normalized spacial score (nSPS) is 14.5. The van der Waals surface area contributed by atoms with Crippen LogP contribution in [0.1, 0.15) is 36.8 Å². The number of benzene rings is 3. The molecular formula is C26H25F3O2. The van der Waals surface area contributed by atoms with Gasteiger partial charge in [-0.1, -0.05) is 48.5 Å². The van der Waals surface area contributed by atoms with Gasteiger partial charge in [-0.25, -0.2) is 0 Å². The molecule has 1 saturated carbocycles.